The lowest BCUT2D eigenvalue weighted by molar-refractivity contribution is 0.0992. The van der Waals surface area contributed by atoms with Gasteiger partial charge in [-0.1, -0.05) is 0 Å². The standard InChI is InChI=1S/C13H21N5O/c1-8-9(7-16-18-8)6-15-13(14-2)17-11-5-10-3-4-12(11)19-10/h7,10-12H,3-6H2,1-2H3,(H,16,18)(H2,14,15,17). The van der Waals surface area contributed by atoms with Gasteiger partial charge in [0.2, 0.25) is 0 Å². The Morgan fingerprint density at radius 2 is 2.47 bits per heavy atom. The van der Waals surface area contributed by atoms with Crippen LogP contribution in [-0.4, -0.2) is 41.5 Å². The van der Waals surface area contributed by atoms with Crippen LogP contribution in [0.3, 0.4) is 0 Å². The second-order valence-electron chi connectivity index (χ2n) is 5.31. The average molecular weight is 263 g/mol. The molecule has 0 radical (unpaired) electrons. The number of aryl methyl sites for hydroxylation is 1. The molecule has 1 aromatic rings. The zero-order chi connectivity index (χ0) is 13.2. The highest BCUT2D eigenvalue weighted by molar-refractivity contribution is 5.80. The van der Waals surface area contributed by atoms with E-state index in [4.69, 9.17) is 4.74 Å². The van der Waals surface area contributed by atoms with Gasteiger partial charge in [0.1, 0.15) is 0 Å². The van der Waals surface area contributed by atoms with Crippen LogP contribution in [0.5, 0.6) is 0 Å². The summed E-state index contributed by atoms with van der Waals surface area (Å²) in [5.41, 5.74) is 2.25. The summed E-state index contributed by atoms with van der Waals surface area (Å²) < 4.78 is 5.84. The molecule has 0 spiro atoms. The molecule has 1 aromatic heterocycles. The Hall–Kier alpha value is -1.56. The van der Waals surface area contributed by atoms with Gasteiger partial charge in [-0.3, -0.25) is 10.1 Å². The van der Waals surface area contributed by atoms with Gasteiger partial charge in [0.05, 0.1) is 24.4 Å². The number of guanidine groups is 1. The largest absolute Gasteiger partial charge is 0.373 e. The van der Waals surface area contributed by atoms with Gasteiger partial charge in [-0.25, -0.2) is 0 Å². The minimum absolute atomic E-state index is 0.360. The van der Waals surface area contributed by atoms with Gasteiger partial charge >= 0.3 is 0 Å². The molecular weight excluding hydrogens is 242 g/mol. The SMILES string of the molecule is CN=C(NCc1cn[nH]c1C)NC1CC2CCC1O2. The molecule has 0 aromatic carbocycles. The highest BCUT2D eigenvalue weighted by Gasteiger charge is 2.41. The van der Waals surface area contributed by atoms with Crippen molar-refractivity contribution in [3.05, 3.63) is 17.5 Å². The number of hydrogen-bond acceptors (Lipinski definition) is 3. The fourth-order valence-corrected chi connectivity index (χ4v) is 2.89. The molecule has 3 heterocycles. The van der Waals surface area contributed by atoms with Crippen LogP contribution in [0.15, 0.2) is 11.2 Å². The lowest BCUT2D eigenvalue weighted by Crippen LogP contribution is -2.47. The first-order chi connectivity index (χ1) is 9.26. The predicted octanol–water partition coefficient (Wildman–Crippen LogP) is 0.703. The molecule has 3 atom stereocenters. The molecule has 2 fully saturated rings. The summed E-state index contributed by atoms with van der Waals surface area (Å²) in [7, 11) is 1.80. The number of nitrogens with one attached hydrogen (secondary N) is 3. The lowest BCUT2D eigenvalue weighted by atomic mass is 9.96. The van der Waals surface area contributed by atoms with Crippen molar-refractivity contribution in [2.75, 3.05) is 7.05 Å². The van der Waals surface area contributed by atoms with Crippen molar-refractivity contribution >= 4 is 5.96 Å². The fourth-order valence-electron chi connectivity index (χ4n) is 2.89. The van der Waals surface area contributed by atoms with Crippen molar-refractivity contribution < 1.29 is 4.74 Å². The Labute approximate surface area is 113 Å². The summed E-state index contributed by atoms with van der Waals surface area (Å²) in [5.74, 6) is 0.835. The monoisotopic (exact) mass is 263 g/mol. The van der Waals surface area contributed by atoms with Crippen molar-refractivity contribution in [1.82, 2.24) is 20.8 Å². The molecule has 2 aliphatic rings. The zero-order valence-electron chi connectivity index (χ0n) is 11.4. The second-order valence-corrected chi connectivity index (χ2v) is 5.31. The molecule has 2 bridgehead atoms. The molecule has 6 nitrogen and oxygen atoms in total. The van der Waals surface area contributed by atoms with E-state index in [0.717, 1.165) is 30.2 Å². The minimum Gasteiger partial charge on any atom is -0.373 e. The van der Waals surface area contributed by atoms with Gasteiger partial charge < -0.3 is 15.4 Å². The van der Waals surface area contributed by atoms with Crippen molar-refractivity contribution in [1.29, 1.82) is 0 Å². The summed E-state index contributed by atoms with van der Waals surface area (Å²) in [6, 6.07) is 0.399. The number of ether oxygens (including phenoxy) is 1. The minimum atomic E-state index is 0.360. The molecule has 3 unspecified atom stereocenters. The molecule has 3 N–H and O–H groups in total. The molecular formula is C13H21N5O. The Morgan fingerprint density at radius 1 is 1.58 bits per heavy atom. The maximum Gasteiger partial charge on any atom is 0.191 e. The summed E-state index contributed by atoms with van der Waals surface area (Å²) in [6.07, 6.45) is 6.13. The van der Waals surface area contributed by atoms with Crippen molar-refractivity contribution in [3.63, 3.8) is 0 Å². The lowest BCUT2D eigenvalue weighted by Gasteiger charge is -2.22. The van der Waals surface area contributed by atoms with Crippen LogP contribution in [0.2, 0.25) is 0 Å². The first-order valence-corrected chi connectivity index (χ1v) is 6.87. The molecule has 104 valence electrons. The zero-order valence-corrected chi connectivity index (χ0v) is 11.4. The molecule has 6 heteroatoms. The third-order valence-corrected chi connectivity index (χ3v) is 4.03. The van der Waals surface area contributed by atoms with Crippen LogP contribution in [0.25, 0.3) is 0 Å². The van der Waals surface area contributed by atoms with Gasteiger partial charge in [-0.15, -0.1) is 0 Å². The topological polar surface area (TPSA) is 74.3 Å². The van der Waals surface area contributed by atoms with Crippen LogP contribution >= 0.6 is 0 Å². The van der Waals surface area contributed by atoms with E-state index in [1.54, 1.807) is 7.05 Å². The number of H-pyrrole nitrogens is 1. The summed E-state index contributed by atoms with van der Waals surface area (Å²) >= 11 is 0. The Morgan fingerprint density at radius 3 is 3.05 bits per heavy atom. The number of hydrogen-bond donors (Lipinski definition) is 3. The van der Waals surface area contributed by atoms with Crippen LogP contribution in [0, 0.1) is 6.92 Å². The number of aromatic nitrogens is 2. The fraction of sp³-hybridized carbons (Fsp3) is 0.692. The van der Waals surface area contributed by atoms with E-state index in [1.807, 2.05) is 13.1 Å². The average Bonchev–Trinajstić information content (AvgIpc) is 3.11. The van der Waals surface area contributed by atoms with Gasteiger partial charge in [0.25, 0.3) is 0 Å². The molecule has 0 aliphatic carbocycles. The van der Waals surface area contributed by atoms with Gasteiger partial charge in [0.15, 0.2) is 5.96 Å². The maximum absolute atomic E-state index is 5.84. The van der Waals surface area contributed by atoms with Crippen LogP contribution in [0.1, 0.15) is 30.5 Å². The van der Waals surface area contributed by atoms with Crippen molar-refractivity contribution in [3.8, 4) is 0 Å². The second kappa shape index (κ2) is 5.21. The van der Waals surface area contributed by atoms with E-state index >= 15 is 0 Å². The molecule has 0 amide bonds. The summed E-state index contributed by atoms with van der Waals surface area (Å²) in [4.78, 5) is 4.27. The van der Waals surface area contributed by atoms with Gasteiger partial charge in [0, 0.05) is 24.8 Å². The van der Waals surface area contributed by atoms with Crippen molar-refractivity contribution in [2.24, 2.45) is 4.99 Å². The van der Waals surface area contributed by atoms with Crippen LogP contribution in [-0.2, 0) is 11.3 Å². The number of fused-ring (bicyclic) bond motifs is 2. The normalized spacial score (nSPS) is 29.8. The maximum atomic E-state index is 5.84. The quantitative estimate of drug-likeness (QED) is 0.554. The molecule has 3 rings (SSSR count). The molecule has 19 heavy (non-hydrogen) atoms. The third-order valence-electron chi connectivity index (χ3n) is 4.03. The Bertz CT molecular complexity index is 469. The van der Waals surface area contributed by atoms with E-state index in [9.17, 15) is 0 Å². The first-order valence-electron chi connectivity index (χ1n) is 6.87. The van der Waals surface area contributed by atoms with E-state index in [0.29, 0.717) is 18.2 Å². The Kier molecular flexibility index (Phi) is 3.42. The Balaban J connectivity index is 1.53. The van der Waals surface area contributed by atoms with E-state index < -0.39 is 0 Å². The van der Waals surface area contributed by atoms with Crippen LogP contribution in [0.4, 0.5) is 0 Å². The number of nitrogens with zero attached hydrogens (tertiary/aromatic N) is 2. The first kappa shape index (κ1) is 12.5. The van der Waals surface area contributed by atoms with E-state index in [2.05, 4.69) is 25.8 Å². The summed E-state index contributed by atoms with van der Waals surface area (Å²) in [6.45, 7) is 2.74. The highest BCUT2D eigenvalue weighted by atomic mass is 16.5. The number of aromatic amines is 1. The van der Waals surface area contributed by atoms with E-state index in [1.165, 1.54) is 12.8 Å². The third kappa shape index (κ3) is 2.58. The van der Waals surface area contributed by atoms with Crippen molar-refractivity contribution in [2.45, 2.75) is 51.0 Å². The highest BCUT2D eigenvalue weighted by Crippen LogP contribution is 2.34. The van der Waals surface area contributed by atoms with Gasteiger partial charge in [-0.05, 0) is 26.2 Å². The molecule has 2 saturated heterocycles. The number of aliphatic imine (C=N–C) groups is 1. The summed E-state index contributed by atoms with van der Waals surface area (Å²) in [5, 5.41) is 13.7. The predicted molar refractivity (Wildman–Crippen MR) is 73.0 cm³/mol. The smallest absolute Gasteiger partial charge is 0.191 e. The van der Waals surface area contributed by atoms with Gasteiger partial charge in [-0.2, -0.15) is 5.10 Å². The molecule has 0 saturated carbocycles. The number of rotatable bonds is 3. The van der Waals surface area contributed by atoms with Crippen LogP contribution < -0.4 is 10.6 Å². The molecule has 2 aliphatic heterocycles. The van der Waals surface area contributed by atoms with E-state index in [-0.39, 0.29) is 0 Å².